The maximum absolute atomic E-state index is 8.31. The fraction of sp³-hybridized carbons (Fsp3) is 0.875. The molecule has 0 saturated carbocycles. The van der Waals surface area contributed by atoms with Crippen molar-refractivity contribution in [3.8, 4) is 6.07 Å². The van der Waals surface area contributed by atoms with Gasteiger partial charge in [0.2, 0.25) is 0 Å². The molecule has 0 amide bonds. The van der Waals surface area contributed by atoms with Gasteiger partial charge in [-0.2, -0.15) is 5.26 Å². The van der Waals surface area contributed by atoms with E-state index in [1.165, 1.54) is 32.4 Å². The second kappa shape index (κ2) is 5.45. The number of nitriles is 1. The number of likely N-dealkylation sites (tertiary alicyclic amines) is 1. The molecule has 1 aliphatic heterocycles. The summed E-state index contributed by atoms with van der Waals surface area (Å²) in [4.78, 5) is 2.44. The van der Waals surface area contributed by atoms with Crippen LogP contribution in [0.3, 0.4) is 0 Å². The lowest BCUT2D eigenvalue weighted by molar-refractivity contribution is 0.266. The van der Waals surface area contributed by atoms with E-state index < -0.39 is 0 Å². The molecular weight excluding hydrogens is 156 g/mol. The van der Waals surface area contributed by atoms with E-state index in [2.05, 4.69) is 11.0 Å². The molecule has 62 valence electrons. The van der Waals surface area contributed by atoms with Crippen LogP contribution in [0.15, 0.2) is 0 Å². The first-order valence-electron chi connectivity index (χ1n) is 4.10. The molecule has 1 fully saturated rings. The average molecular weight is 170 g/mol. The molecular formula is C8H14N2S. The van der Waals surface area contributed by atoms with Gasteiger partial charge in [0.25, 0.3) is 0 Å². The molecule has 1 saturated heterocycles. The monoisotopic (exact) mass is 170 g/mol. The number of piperidine rings is 1. The van der Waals surface area contributed by atoms with Gasteiger partial charge in [-0.1, -0.05) is 6.42 Å². The standard InChI is InChI=1S/C8H14N2S/c9-4-7-11-8-10-5-2-1-3-6-10/h1-3,5-8H2. The summed E-state index contributed by atoms with van der Waals surface area (Å²) in [5, 5.41) is 8.31. The molecule has 0 bridgehead atoms. The fourth-order valence-electron chi connectivity index (χ4n) is 1.31. The highest BCUT2D eigenvalue weighted by molar-refractivity contribution is 7.99. The van der Waals surface area contributed by atoms with Gasteiger partial charge < -0.3 is 0 Å². The van der Waals surface area contributed by atoms with Gasteiger partial charge in [0.05, 0.1) is 11.8 Å². The maximum atomic E-state index is 8.31. The normalized spacial score (nSPS) is 19.5. The Bertz CT molecular complexity index is 136. The van der Waals surface area contributed by atoms with Gasteiger partial charge in [-0.05, 0) is 25.9 Å². The van der Waals surface area contributed by atoms with Crippen molar-refractivity contribution < 1.29 is 0 Å². The van der Waals surface area contributed by atoms with Gasteiger partial charge in [0.15, 0.2) is 0 Å². The third kappa shape index (κ3) is 3.64. The molecule has 0 aromatic heterocycles. The lowest BCUT2D eigenvalue weighted by atomic mass is 10.1. The molecule has 0 N–H and O–H groups in total. The summed E-state index contributed by atoms with van der Waals surface area (Å²) in [6.07, 6.45) is 4.07. The fourth-order valence-corrected chi connectivity index (χ4v) is 2.01. The Hall–Kier alpha value is -0.200. The SMILES string of the molecule is N#CCSCN1CCCCC1. The van der Waals surface area contributed by atoms with Crippen LogP contribution in [0.4, 0.5) is 0 Å². The van der Waals surface area contributed by atoms with Crippen LogP contribution in [0.2, 0.25) is 0 Å². The summed E-state index contributed by atoms with van der Waals surface area (Å²) in [6.45, 7) is 2.47. The molecule has 0 aromatic rings. The molecule has 1 rings (SSSR count). The van der Waals surface area contributed by atoms with Crippen molar-refractivity contribution in [2.45, 2.75) is 19.3 Å². The number of hydrogen-bond acceptors (Lipinski definition) is 3. The van der Waals surface area contributed by atoms with Crippen LogP contribution in [0, 0.1) is 11.3 Å². The van der Waals surface area contributed by atoms with Crippen molar-refractivity contribution in [1.82, 2.24) is 4.90 Å². The van der Waals surface area contributed by atoms with Crippen molar-refractivity contribution in [3.05, 3.63) is 0 Å². The van der Waals surface area contributed by atoms with E-state index in [-0.39, 0.29) is 0 Å². The van der Waals surface area contributed by atoms with Gasteiger partial charge in [0.1, 0.15) is 0 Å². The van der Waals surface area contributed by atoms with Crippen molar-refractivity contribution in [1.29, 1.82) is 5.26 Å². The second-order valence-electron chi connectivity index (χ2n) is 2.81. The minimum atomic E-state index is 0.635. The van der Waals surface area contributed by atoms with Gasteiger partial charge in [-0.25, -0.2) is 0 Å². The van der Waals surface area contributed by atoms with E-state index in [9.17, 15) is 0 Å². The van der Waals surface area contributed by atoms with E-state index >= 15 is 0 Å². The van der Waals surface area contributed by atoms with Crippen LogP contribution < -0.4 is 0 Å². The molecule has 0 atom stereocenters. The van der Waals surface area contributed by atoms with Gasteiger partial charge in [-0.3, -0.25) is 4.90 Å². The lowest BCUT2D eigenvalue weighted by Gasteiger charge is -2.25. The predicted octanol–water partition coefficient (Wildman–Crippen LogP) is 1.69. The Kier molecular flexibility index (Phi) is 4.41. The van der Waals surface area contributed by atoms with Crippen LogP contribution in [0.1, 0.15) is 19.3 Å². The number of nitrogens with zero attached hydrogens (tertiary/aromatic N) is 2. The molecule has 0 aromatic carbocycles. The number of thioether (sulfide) groups is 1. The second-order valence-corrected chi connectivity index (χ2v) is 3.77. The van der Waals surface area contributed by atoms with Crippen molar-refractivity contribution in [3.63, 3.8) is 0 Å². The zero-order valence-corrected chi connectivity index (χ0v) is 7.57. The van der Waals surface area contributed by atoms with Crippen LogP contribution in [0.25, 0.3) is 0 Å². The molecule has 11 heavy (non-hydrogen) atoms. The highest BCUT2D eigenvalue weighted by atomic mass is 32.2. The number of hydrogen-bond donors (Lipinski definition) is 0. The van der Waals surface area contributed by atoms with E-state index in [1.807, 2.05) is 0 Å². The summed E-state index contributed by atoms with van der Waals surface area (Å²) in [5.41, 5.74) is 0. The quantitative estimate of drug-likeness (QED) is 0.603. The summed E-state index contributed by atoms with van der Waals surface area (Å²) < 4.78 is 0. The van der Waals surface area contributed by atoms with E-state index in [0.717, 1.165) is 5.88 Å². The Balaban J connectivity index is 2.01. The third-order valence-corrected chi connectivity index (χ3v) is 2.77. The molecule has 1 heterocycles. The van der Waals surface area contributed by atoms with Gasteiger partial charge in [-0.15, -0.1) is 11.8 Å². The van der Waals surface area contributed by atoms with Crippen molar-refractivity contribution in [2.75, 3.05) is 24.7 Å². The average Bonchev–Trinajstić information content (AvgIpc) is 2.07. The maximum Gasteiger partial charge on any atom is 0.0821 e. The first kappa shape index (κ1) is 8.89. The molecule has 1 aliphatic rings. The molecule has 2 nitrogen and oxygen atoms in total. The Morgan fingerprint density at radius 1 is 1.27 bits per heavy atom. The minimum Gasteiger partial charge on any atom is -0.294 e. The van der Waals surface area contributed by atoms with Crippen molar-refractivity contribution in [2.24, 2.45) is 0 Å². The van der Waals surface area contributed by atoms with E-state index in [4.69, 9.17) is 5.26 Å². The summed E-state index contributed by atoms with van der Waals surface area (Å²) >= 11 is 1.72. The van der Waals surface area contributed by atoms with Crippen molar-refractivity contribution >= 4 is 11.8 Å². The zero-order valence-electron chi connectivity index (χ0n) is 6.75. The molecule has 0 aliphatic carbocycles. The summed E-state index contributed by atoms with van der Waals surface area (Å²) in [6, 6.07) is 2.14. The third-order valence-electron chi connectivity index (χ3n) is 1.89. The molecule has 0 radical (unpaired) electrons. The molecule has 0 unspecified atom stereocenters. The minimum absolute atomic E-state index is 0.635. The Labute approximate surface area is 72.6 Å². The first-order valence-corrected chi connectivity index (χ1v) is 5.26. The largest absolute Gasteiger partial charge is 0.294 e. The van der Waals surface area contributed by atoms with E-state index in [0.29, 0.717) is 5.75 Å². The first-order chi connectivity index (χ1) is 5.43. The molecule has 3 heteroatoms. The lowest BCUT2D eigenvalue weighted by Crippen LogP contribution is -2.29. The highest BCUT2D eigenvalue weighted by Gasteiger charge is 2.08. The van der Waals surface area contributed by atoms with Gasteiger partial charge in [0, 0.05) is 5.88 Å². The van der Waals surface area contributed by atoms with E-state index in [1.54, 1.807) is 11.8 Å². The molecule has 0 spiro atoms. The summed E-state index contributed by atoms with van der Waals surface area (Å²) in [5.74, 6) is 1.68. The van der Waals surface area contributed by atoms with Crippen LogP contribution in [-0.2, 0) is 0 Å². The Morgan fingerprint density at radius 3 is 2.64 bits per heavy atom. The number of rotatable bonds is 3. The highest BCUT2D eigenvalue weighted by Crippen LogP contribution is 2.11. The smallest absolute Gasteiger partial charge is 0.0821 e. The van der Waals surface area contributed by atoms with Crippen LogP contribution >= 0.6 is 11.8 Å². The predicted molar refractivity (Wildman–Crippen MR) is 48.4 cm³/mol. The van der Waals surface area contributed by atoms with Crippen LogP contribution in [0.5, 0.6) is 0 Å². The summed E-state index contributed by atoms with van der Waals surface area (Å²) in [7, 11) is 0. The zero-order chi connectivity index (χ0) is 7.94. The topological polar surface area (TPSA) is 27.0 Å². The van der Waals surface area contributed by atoms with Gasteiger partial charge >= 0.3 is 0 Å². The van der Waals surface area contributed by atoms with Crippen LogP contribution in [-0.4, -0.2) is 29.6 Å². The Morgan fingerprint density at radius 2 is 2.00 bits per heavy atom.